The lowest BCUT2D eigenvalue weighted by atomic mass is 10.1. The van der Waals surface area contributed by atoms with Gasteiger partial charge in [-0.05, 0) is 30.7 Å². The fourth-order valence-electron chi connectivity index (χ4n) is 2.07. The second kappa shape index (κ2) is 8.18. The van der Waals surface area contributed by atoms with Crippen LogP contribution in [-0.4, -0.2) is 34.1 Å². The first kappa shape index (κ1) is 19.0. The van der Waals surface area contributed by atoms with Gasteiger partial charge in [0.2, 0.25) is 5.91 Å². The van der Waals surface area contributed by atoms with E-state index >= 15 is 0 Å². The minimum atomic E-state index is -1.44. The number of nitriles is 1. The van der Waals surface area contributed by atoms with Crippen molar-refractivity contribution in [2.75, 3.05) is 11.9 Å². The number of carbonyl (C=O) groups excluding carboxylic acids is 2. The molecule has 0 aliphatic heterocycles. The molecule has 0 saturated heterocycles. The number of rotatable bonds is 6. The molecule has 1 atom stereocenters. The predicted octanol–water partition coefficient (Wildman–Crippen LogP) is 1.41. The quantitative estimate of drug-likeness (QED) is 0.724. The van der Waals surface area contributed by atoms with E-state index in [1.807, 2.05) is 0 Å². The summed E-state index contributed by atoms with van der Waals surface area (Å²) in [5, 5.41) is 23.1. The normalized spacial score (nSPS) is 12.5. The van der Waals surface area contributed by atoms with Crippen molar-refractivity contribution in [3.8, 4) is 6.07 Å². The number of nitrogens with zero attached hydrogens (tertiary/aromatic N) is 2. The van der Waals surface area contributed by atoms with Crippen molar-refractivity contribution in [2.45, 2.75) is 18.9 Å². The van der Waals surface area contributed by atoms with Gasteiger partial charge in [0.15, 0.2) is 0 Å². The Balaban J connectivity index is 2.07. The largest absolute Gasteiger partial charge is 0.393 e. The number of anilines is 1. The molecule has 0 aliphatic rings. The van der Waals surface area contributed by atoms with Gasteiger partial charge in [0.25, 0.3) is 5.91 Å². The van der Waals surface area contributed by atoms with Crippen LogP contribution in [0.3, 0.4) is 0 Å². The highest BCUT2D eigenvalue weighted by Crippen LogP contribution is 2.12. The number of aliphatic hydroxyl groups is 1. The van der Waals surface area contributed by atoms with Gasteiger partial charge in [0, 0.05) is 11.9 Å². The van der Waals surface area contributed by atoms with E-state index in [0.717, 1.165) is 0 Å². The topological polar surface area (TPSA) is 115 Å². The maximum absolute atomic E-state index is 13.6. The zero-order chi connectivity index (χ0) is 19.2. The van der Waals surface area contributed by atoms with Gasteiger partial charge >= 0.3 is 0 Å². The molecule has 0 fully saturated rings. The number of hydrogen-bond acceptors (Lipinski definition) is 5. The Bertz CT molecular complexity index is 866. The van der Waals surface area contributed by atoms with Crippen LogP contribution < -0.4 is 10.6 Å². The van der Waals surface area contributed by atoms with Crippen molar-refractivity contribution in [1.82, 2.24) is 10.3 Å². The minimum Gasteiger partial charge on any atom is -0.393 e. The van der Waals surface area contributed by atoms with Crippen LogP contribution >= 0.6 is 0 Å². The third kappa shape index (κ3) is 4.84. The van der Waals surface area contributed by atoms with Crippen molar-refractivity contribution in [3.05, 3.63) is 59.7 Å². The fraction of sp³-hybridized carbons (Fsp3) is 0.222. The zero-order valence-corrected chi connectivity index (χ0v) is 14.0. The zero-order valence-electron chi connectivity index (χ0n) is 14.0. The molecule has 1 aromatic heterocycles. The first-order valence-electron chi connectivity index (χ1n) is 7.71. The number of aromatic nitrogens is 1. The monoisotopic (exact) mass is 356 g/mol. The van der Waals surface area contributed by atoms with E-state index in [0.29, 0.717) is 5.69 Å². The molecule has 0 aliphatic carbocycles. The number of hydrogen-bond donors (Lipinski definition) is 3. The number of amides is 2. The molecule has 1 aromatic carbocycles. The fourth-order valence-corrected chi connectivity index (χ4v) is 2.07. The van der Waals surface area contributed by atoms with E-state index in [1.54, 1.807) is 12.1 Å². The lowest BCUT2D eigenvalue weighted by Gasteiger charge is -2.20. The molecular formula is C18H17FN4O3. The van der Waals surface area contributed by atoms with Crippen molar-refractivity contribution in [1.29, 1.82) is 5.26 Å². The number of pyridine rings is 1. The van der Waals surface area contributed by atoms with Crippen molar-refractivity contribution >= 4 is 17.5 Å². The minimum absolute atomic E-state index is 0.0383. The van der Waals surface area contributed by atoms with E-state index in [4.69, 9.17) is 5.26 Å². The smallest absolute Gasteiger partial charge is 0.271 e. The first-order chi connectivity index (χ1) is 12.4. The van der Waals surface area contributed by atoms with E-state index in [1.165, 1.54) is 43.5 Å². The number of halogens is 1. The highest BCUT2D eigenvalue weighted by atomic mass is 19.1. The van der Waals surface area contributed by atoms with E-state index < -0.39 is 29.8 Å². The number of nitrogens with one attached hydrogen (secondary N) is 2. The molecule has 0 saturated carbocycles. The summed E-state index contributed by atoms with van der Waals surface area (Å²) < 4.78 is 13.6. The molecule has 2 aromatic rings. The van der Waals surface area contributed by atoms with Crippen LogP contribution in [-0.2, 0) is 11.2 Å². The van der Waals surface area contributed by atoms with E-state index in [2.05, 4.69) is 15.6 Å². The number of benzene rings is 1. The average molecular weight is 356 g/mol. The Hall–Kier alpha value is -3.31. The summed E-state index contributed by atoms with van der Waals surface area (Å²) in [5.41, 5.74) is -0.925. The standard InChI is InChI=1S/C18H17FN4O3/c1-18(10-20,11-24)23-17(26)15-9-13(6-7-21-15)22-16(25)8-12-4-2-3-5-14(12)19/h2-7,9,24H,8,11H2,1H3,(H,23,26)(H,21,22,25). The lowest BCUT2D eigenvalue weighted by Crippen LogP contribution is -2.47. The Labute approximate surface area is 149 Å². The SMILES string of the molecule is CC(C#N)(CO)NC(=O)c1cc(NC(=O)Cc2ccccc2F)ccn1. The van der Waals surface area contributed by atoms with Crippen LogP contribution in [0, 0.1) is 17.1 Å². The van der Waals surface area contributed by atoms with Crippen LogP contribution in [0.25, 0.3) is 0 Å². The molecule has 134 valence electrons. The van der Waals surface area contributed by atoms with Gasteiger partial charge in [-0.2, -0.15) is 5.26 Å². The molecule has 3 N–H and O–H groups in total. The molecule has 2 amide bonds. The highest BCUT2D eigenvalue weighted by molar-refractivity contribution is 5.96. The summed E-state index contributed by atoms with van der Waals surface area (Å²) in [6, 6.07) is 10.5. The second-order valence-corrected chi connectivity index (χ2v) is 5.80. The summed E-state index contributed by atoms with van der Waals surface area (Å²) in [6.45, 7) is 0.805. The summed E-state index contributed by atoms with van der Waals surface area (Å²) >= 11 is 0. The summed E-state index contributed by atoms with van der Waals surface area (Å²) in [7, 11) is 0. The van der Waals surface area contributed by atoms with Gasteiger partial charge in [-0.3, -0.25) is 14.6 Å². The third-order valence-corrected chi connectivity index (χ3v) is 3.54. The molecule has 1 unspecified atom stereocenters. The van der Waals surface area contributed by atoms with E-state index in [9.17, 15) is 19.1 Å². The van der Waals surface area contributed by atoms with Crippen LogP contribution in [0.4, 0.5) is 10.1 Å². The maximum Gasteiger partial charge on any atom is 0.271 e. The van der Waals surface area contributed by atoms with Crippen molar-refractivity contribution < 1.29 is 19.1 Å². The van der Waals surface area contributed by atoms with Gasteiger partial charge in [-0.25, -0.2) is 4.39 Å². The lowest BCUT2D eigenvalue weighted by molar-refractivity contribution is -0.115. The van der Waals surface area contributed by atoms with Crippen LogP contribution in [0.5, 0.6) is 0 Å². The molecule has 0 bridgehead atoms. The number of carbonyl (C=O) groups is 2. The molecule has 8 heteroatoms. The second-order valence-electron chi connectivity index (χ2n) is 5.80. The maximum atomic E-state index is 13.6. The van der Waals surface area contributed by atoms with Gasteiger partial charge in [-0.15, -0.1) is 0 Å². The molecule has 0 spiro atoms. The Morgan fingerprint density at radius 2 is 2.08 bits per heavy atom. The molecule has 0 radical (unpaired) electrons. The summed E-state index contributed by atoms with van der Waals surface area (Å²) in [4.78, 5) is 28.1. The highest BCUT2D eigenvalue weighted by Gasteiger charge is 2.26. The summed E-state index contributed by atoms with van der Waals surface area (Å²) in [6.07, 6.45) is 1.16. The molecule has 1 heterocycles. The average Bonchev–Trinajstić information content (AvgIpc) is 2.63. The Kier molecular flexibility index (Phi) is 5.98. The van der Waals surface area contributed by atoms with Gasteiger partial charge in [-0.1, -0.05) is 18.2 Å². The van der Waals surface area contributed by atoms with Gasteiger partial charge < -0.3 is 15.7 Å². The van der Waals surface area contributed by atoms with E-state index in [-0.39, 0.29) is 17.7 Å². The predicted molar refractivity (Wildman–Crippen MR) is 91.5 cm³/mol. The molecule has 26 heavy (non-hydrogen) atoms. The number of aliphatic hydroxyl groups excluding tert-OH is 1. The Morgan fingerprint density at radius 1 is 1.35 bits per heavy atom. The third-order valence-electron chi connectivity index (χ3n) is 3.54. The van der Waals surface area contributed by atoms with Gasteiger partial charge in [0.1, 0.15) is 17.1 Å². The van der Waals surface area contributed by atoms with Gasteiger partial charge in [0.05, 0.1) is 19.1 Å². The summed E-state index contributed by atoms with van der Waals surface area (Å²) in [5.74, 6) is -1.60. The van der Waals surface area contributed by atoms with Crippen LogP contribution in [0.15, 0.2) is 42.6 Å². The first-order valence-corrected chi connectivity index (χ1v) is 7.71. The molecule has 7 nitrogen and oxygen atoms in total. The molecular weight excluding hydrogens is 339 g/mol. The van der Waals surface area contributed by atoms with Crippen LogP contribution in [0.1, 0.15) is 23.0 Å². The van der Waals surface area contributed by atoms with Crippen molar-refractivity contribution in [2.24, 2.45) is 0 Å². The van der Waals surface area contributed by atoms with Crippen LogP contribution in [0.2, 0.25) is 0 Å². The molecule has 2 rings (SSSR count). The van der Waals surface area contributed by atoms with Crippen molar-refractivity contribution in [3.63, 3.8) is 0 Å². The Morgan fingerprint density at radius 3 is 2.73 bits per heavy atom.